The van der Waals surface area contributed by atoms with E-state index in [1.807, 2.05) is 36.5 Å². The van der Waals surface area contributed by atoms with Gasteiger partial charge in [0, 0.05) is 26.4 Å². The monoisotopic (exact) mass is 291 g/mol. The maximum atomic E-state index is 4.97. The van der Waals surface area contributed by atoms with Crippen molar-refractivity contribution in [2.24, 2.45) is 0 Å². The van der Waals surface area contributed by atoms with Gasteiger partial charge < -0.3 is 4.42 Å². The van der Waals surface area contributed by atoms with Crippen molar-refractivity contribution in [3.63, 3.8) is 0 Å². The molecule has 4 heteroatoms. The molecule has 0 fully saturated rings. The molecule has 2 nitrogen and oxygen atoms in total. The van der Waals surface area contributed by atoms with E-state index in [-0.39, 0.29) is 0 Å². The van der Waals surface area contributed by atoms with Crippen molar-refractivity contribution >= 4 is 22.7 Å². The van der Waals surface area contributed by atoms with Crippen LogP contribution in [0.3, 0.4) is 0 Å². The highest BCUT2D eigenvalue weighted by molar-refractivity contribution is 7.22. The quantitative estimate of drug-likeness (QED) is 0.601. The summed E-state index contributed by atoms with van der Waals surface area (Å²) in [5.41, 5.74) is 0. The molecular formula is C15H17NOS2. The lowest BCUT2D eigenvalue weighted by molar-refractivity contribution is 0.494. The van der Waals surface area contributed by atoms with Crippen molar-refractivity contribution in [1.82, 2.24) is 4.98 Å². The summed E-state index contributed by atoms with van der Waals surface area (Å²) >= 11 is 3.73. The predicted octanol–water partition coefficient (Wildman–Crippen LogP) is 5.38. The highest BCUT2D eigenvalue weighted by Gasteiger charge is 2.01. The standard InChI is InChI=1S/C10H10S2.C5H7NO/c1-7-3-5-9(11-7)10-6-4-8(2)12-10;1-4-3-6-5(2)7-4/h3-6H,1-2H3;3H,1-2H3. The van der Waals surface area contributed by atoms with E-state index in [0.717, 1.165) is 11.7 Å². The van der Waals surface area contributed by atoms with Crippen LogP contribution in [0.15, 0.2) is 34.9 Å². The molecule has 3 aromatic rings. The van der Waals surface area contributed by atoms with Gasteiger partial charge in [-0.3, -0.25) is 0 Å². The van der Waals surface area contributed by atoms with E-state index in [2.05, 4.69) is 43.1 Å². The summed E-state index contributed by atoms with van der Waals surface area (Å²) in [5.74, 6) is 1.61. The fraction of sp³-hybridized carbons (Fsp3) is 0.267. The summed E-state index contributed by atoms with van der Waals surface area (Å²) < 4.78 is 4.97. The number of hydrogen-bond donors (Lipinski definition) is 0. The molecule has 0 bridgehead atoms. The lowest BCUT2D eigenvalue weighted by atomic mass is 10.3. The molecule has 0 saturated heterocycles. The van der Waals surface area contributed by atoms with E-state index in [4.69, 9.17) is 4.42 Å². The minimum atomic E-state index is 0.734. The van der Waals surface area contributed by atoms with Crippen LogP contribution in [0.25, 0.3) is 9.75 Å². The molecule has 0 amide bonds. The van der Waals surface area contributed by atoms with Gasteiger partial charge in [0.15, 0.2) is 5.89 Å². The maximum Gasteiger partial charge on any atom is 0.191 e. The Bertz CT molecular complexity index is 594. The van der Waals surface area contributed by atoms with E-state index in [9.17, 15) is 0 Å². The normalized spacial score (nSPS) is 10.1. The first-order valence-corrected chi connectivity index (χ1v) is 7.70. The van der Waals surface area contributed by atoms with Crippen molar-refractivity contribution in [3.8, 4) is 9.75 Å². The van der Waals surface area contributed by atoms with Gasteiger partial charge in [-0.25, -0.2) is 4.98 Å². The van der Waals surface area contributed by atoms with Crippen molar-refractivity contribution in [2.45, 2.75) is 27.7 Å². The number of oxazole rings is 1. The summed E-state index contributed by atoms with van der Waals surface area (Å²) in [4.78, 5) is 9.41. The molecule has 100 valence electrons. The molecule has 0 aliphatic carbocycles. The Morgan fingerprint density at radius 1 is 0.842 bits per heavy atom. The molecule has 0 unspecified atom stereocenters. The fourth-order valence-electron chi connectivity index (χ4n) is 1.60. The van der Waals surface area contributed by atoms with Crippen molar-refractivity contribution in [1.29, 1.82) is 0 Å². The van der Waals surface area contributed by atoms with Crippen LogP contribution in [0.1, 0.15) is 21.4 Å². The Morgan fingerprint density at radius 2 is 1.37 bits per heavy atom. The van der Waals surface area contributed by atoms with Crippen LogP contribution in [0.5, 0.6) is 0 Å². The predicted molar refractivity (Wildman–Crippen MR) is 83.1 cm³/mol. The van der Waals surface area contributed by atoms with E-state index >= 15 is 0 Å². The molecular weight excluding hydrogens is 274 g/mol. The Labute approximate surface area is 121 Å². The van der Waals surface area contributed by atoms with Crippen LogP contribution in [0.2, 0.25) is 0 Å². The average molecular weight is 291 g/mol. The third kappa shape index (κ3) is 4.04. The van der Waals surface area contributed by atoms with Crippen LogP contribution < -0.4 is 0 Å². The third-order valence-corrected chi connectivity index (χ3v) is 4.66. The first-order valence-electron chi connectivity index (χ1n) is 6.07. The zero-order valence-electron chi connectivity index (χ0n) is 11.6. The zero-order chi connectivity index (χ0) is 13.8. The molecule has 3 aromatic heterocycles. The van der Waals surface area contributed by atoms with Gasteiger partial charge in [-0.1, -0.05) is 0 Å². The minimum Gasteiger partial charge on any atom is -0.446 e. The minimum absolute atomic E-state index is 0.734. The van der Waals surface area contributed by atoms with E-state index < -0.39 is 0 Å². The molecule has 0 aromatic carbocycles. The van der Waals surface area contributed by atoms with Gasteiger partial charge >= 0.3 is 0 Å². The number of rotatable bonds is 1. The summed E-state index contributed by atoms with van der Waals surface area (Å²) in [7, 11) is 0. The van der Waals surface area contributed by atoms with E-state index in [1.165, 1.54) is 19.5 Å². The van der Waals surface area contributed by atoms with Crippen LogP contribution >= 0.6 is 22.7 Å². The maximum absolute atomic E-state index is 4.97. The molecule has 3 heterocycles. The Kier molecular flexibility index (Phi) is 4.56. The molecule has 0 spiro atoms. The lowest BCUT2D eigenvalue weighted by Gasteiger charge is -1.87. The lowest BCUT2D eigenvalue weighted by Crippen LogP contribution is -1.59. The third-order valence-electron chi connectivity index (χ3n) is 2.46. The molecule has 0 aliphatic heterocycles. The molecule has 0 atom stereocenters. The van der Waals surface area contributed by atoms with Gasteiger partial charge in [-0.05, 0) is 45.0 Å². The Morgan fingerprint density at radius 3 is 1.58 bits per heavy atom. The van der Waals surface area contributed by atoms with Crippen molar-refractivity contribution in [3.05, 3.63) is 51.9 Å². The largest absolute Gasteiger partial charge is 0.446 e. The summed E-state index contributed by atoms with van der Waals surface area (Å²) in [6, 6.07) is 8.75. The molecule has 0 aliphatic rings. The number of hydrogen-bond acceptors (Lipinski definition) is 4. The van der Waals surface area contributed by atoms with Crippen LogP contribution in [0.4, 0.5) is 0 Å². The molecule has 0 N–H and O–H groups in total. The van der Waals surface area contributed by atoms with E-state index in [0.29, 0.717) is 0 Å². The fourth-order valence-corrected chi connectivity index (χ4v) is 3.43. The molecule has 3 rings (SSSR count). The Balaban J connectivity index is 0.000000163. The SMILES string of the molecule is Cc1ccc(-c2ccc(C)s2)s1.Cc1cnc(C)o1. The van der Waals surface area contributed by atoms with Gasteiger partial charge in [0.05, 0.1) is 6.20 Å². The van der Waals surface area contributed by atoms with Crippen molar-refractivity contribution in [2.75, 3.05) is 0 Å². The second-order valence-electron chi connectivity index (χ2n) is 4.31. The molecule has 0 saturated carbocycles. The number of nitrogens with zero attached hydrogens (tertiary/aromatic N) is 1. The van der Waals surface area contributed by atoms with Crippen LogP contribution in [-0.4, -0.2) is 4.98 Å². The topological polar surface area (TPSA) is 26.0 Å². The van der Waals surface area contributed by atoms with Crippen LogP contribution in [-0.2, 0) is 0 Å². The van der Waals surface area contributed by atoms with Gasteiger partial charge in [0.25, 0.3) is 0 Å². The van der Waals surface area contributed by atoms with Crippen LogP contribution in [0, 0.1) is 27.7 Å². The average Bonchev–Trinajstić information content (AvgIpc) is 3.03. The highest BCUT2D eigenvalue weighted by atomic mass is 32.1. The molecule has 19 heavy (non-hydrogen) atoms. The number of aromatic nitrogens is 1. The number of thiophene rings is 2. The number of aryl methyl sites for hydroxylation is 4. The summed E-state index contributed by atoms with van der Waals surface area (Å²) in [6.45, 7) is 8.00. The Hall–Kier alpha value is -1.39. The molecule has 0 radical (unpaired) electrons. The first-order chi connectivity index (χ1) is 9.04. The highest BCUT2D eigenvalue weighted by Crippen LogP contribution is 2.32. The van der Waals surface area contributed by atoms with E-state index in [1.54, 1.807) is 6.20 Å². The summed E-state index contributed by atoms with van der Waals surface area (Å²) in [5, 5.41) is 0. The second-order valence-corrected chi connectivity index (χ2v) is 6.89. The van der Waals surface area contributed by atoms with Gasteiger partial charge in [0.2, 0.25) is 0 Å². The second kappa shape index (κ2) is 6.17. The van der Waals surface area contributed by atoms with Gasteiger partial charge in [-0.2, -0.15) is 0 Å². The zero-order valence-corrected chi connectivity index (χ0v) is 13.2. The van der Waals surface area contributed by atoms with Gasteiger partial charge in [0.1, 0.15) is 5.76 Å². The van der Waals surface area contributed by atoms with Crippen molar-refractivity contribution < 1.29 is 4.42 Å². The van der Waals surface area contributed by atoms with Gasteiger partial charge in [-0.15, -0.1) is 22.7 Å². The smallest absolute Gasteiger partial charge is 0.191 e. The summed E-state index contributed by atoms with van der Waals surface area (Å²) in [6.07, 6.45) is 1.70. The first kappa shape index (κ1) is 14.0.